The first-order valence-electron chi connectivity index (χ1n) is 16.9. The van der Waals surface area contributed by atoms with E-state index in [1.54, 1.807) is 0 Å². The number of phenolic OH excluding ortho intramolecular Hbond substituents is 2. The van der Waals surface area contributed by atoms with E-state index in [-0.39, 0.29) is 36.9 Å². The number of fused-ring (bicyclic) bond motifs is 1. The molecule has 1 aromatic carbocycles. The number of rotatable bonds is 14. The number of carboxylic acid groups (broad SMARTS) is 2. The van der Waals surface area contributed by atoms with Crippen molar-refractivity contribution >= 4 is 98.7 Å². The van der Waals surface area contributed by atoms with Crippen LogP contribution < -0.4 is 16.6 Å². The van der Waals surface area contributed by atoms with Gasteiger partial charge in [-0.05, 0) is 32.4 Å². The van der Waals surface area contributed by atoms with Gasteiger partial charge in [0.2, 0.25) is 16.4 Å². The molecule has 4 aliphatic rings. The second-order valence-electron chi connectivity index (χ2n) is 13.7. The van der Waals surface area contributed by atoms with Gasteiger partial charge in [-0.15, -0.1) is 11.3 Å². The van der Waals surface area contributed by atoms with Gasteiger partial charge in [0, 0.05) is 24.9 Å². The lowest BCUT2D eigenvalue weighted by Gasteiger charge is -2.40. The van der Waals surface area contributed by atoms with Crippen LogP contribution in [0.2, 0.25) is 5.02 Å². The number of carbonyl (C=O) groups excluding carboxylic acids is 7. The van der Waals surface area contributed by atoms with E-state index >= 15 is 0 Å². The minimum Gasteiger partial charge on any atom is -0.504 e. The van der Waals surface area contributed by atoms with Gasteiger partial charge in [-0.3, -0.25) is 49.5 Å². The van der Waals surface area contributed by atoms with E-state index < -0.39 is 122 Å². The summed E-state index contributed by atoms with van der Waals surface area (Å²) in [7, 11) is 0. The summed E-state index contributed by atoms with van der Waals surface area (Å²) in [6, 6.07) is 0.929. The number of urea groups is 1. The number of phenols is 2. The smallest absolute Gasteiger partial charge is 0.350 e. The summed E-state index contributed by atoms with van der Waals surface area (Å²) in [5.41, 5.74) is 7.29. The highest BCUT2D eigenvalue weighted by atomic mass is 35.5. The molecule has 58 heavy (non-hydrogen) atoms. The molecule has 8 N–H and O–H groups in total. The lowest BCUT2D eigenvalue weighted by molar-refractivity contribution is -0.161. The first-order chi connectivity index (χ1) is 27.2. The number of carbonyl (C=O) groups is 9. The van der Waals surface area contributed by atoms with Crippen LogP contribution in [0.1, 0.15) is 42.7 Å². The van der Waals surface area contributed by atoms with Crippen molar-refractivity contribution in [1.82, 2.24) is 35.7 Å². The molecule has 308 valence electrons. The number of ketones is 2. The predicted molar refractivity (Wildman–Crippen MR) is 196 cm³/mol. The van der Waals surface area contributed by atoms with Gasteiger partial charge in [0.15, 0.2) is 28.1 Å². The number of hydrazine groups is 2. The van der Waals surface area contributed by atoms with Crippen molar-refractivity contribution in [2.75, 3.05) is 31.9 Å². The Balaban J connectivity index is 1.09. The Labute approximate surface area is 338 Å². The van der Waals surface area contributed by atoms with Crippen LogP contribution in [-0.4, -0.2) is 146 Å². The van der Waals surface area contributed by atoms with Gasteiger partial charge in [-0.2, -0.15) is 0 Å². The van der Waals surface area contributed by atoms with Gasteiger partial charge in [0.05, 0.1) is 35.0 Å². The van der Waals surface area contributed by atoms with Gasteiger partial charge in [0.1, 0.15) is 11.6 Å². The molecule has 6 amide bonds. The highest BCUT2D eigenvalue weighted by Gasteiger charge is 2.66. The molecular weight excluding hydrogens is 834 g/mol. The van der Waals surface area contributed by atoms with Crippen LogP contribution in [0, 0.1) is 11.8 Å². The molecular formula is C32H32ClN9O14S2. The van der Waals surface area contributed by atoms with E-state index in [0.717, 1.165) is 45.1 Å². The van der Waals surface area contributed by atoms with Crippen molar-refractivity contribution in [1.29, 1.82) is 0 Å². The number of hydrogen-bond acceptors (Lipinski definition) is 17. The molecule has 0 radical (unpaired) electrons. The number of benzene rings is 1. The number of thiazole rings is 1. The van der Waals surface area contributed by atoms with Crippen molar-refractivity contribution in [2.24, 2.45) is 17.0 Å². The zero-order valence-corrected chi connectivity index (χ0v) is 32.4. The quantitative estimate of drug-likeness (QED) is 0.0232. The minimum absolute atomic E-state index is 0.0363. The molecule has 4 atom stereocenters. The molecule has 23 nitrogen and oxygen atoms in total. The van der Waals surface area contributed by atoms with E-state index in [0.29, 0.717) is 5.01 Å². The number of carboxylic acids is 2. The average molecular weight is 866 g/mol. The lowest BCUT2D eigenvalue weighted by Crippen LogP contribution is -2.60. The average Bonchev–Trinajstić information content (AvgIpc) is 3.95. The number of oxime groups is 1. The first kappa shape index (κ1) is 41.4. The summed E-state index contributed by atoms with van der Waals surface area (Å²) in [6.07, 6.45) is -0.674. The molecule has 0 aliphatic carbocycles. The number of aromatic nitrogens is 1. The maximum Gasteiger partial charge on any atom is 0.350 e. The van der Waals surface area contributed by atoms with Crippen molar-refractivity contribution in [3.05, 3.63) is 33.8 Å². The molecule has 1 aromatic heterocycles. The maximum atomic E-state index is 13.6. The predicted octanol–water partition coefficient (Wildman–Crippen LogP) is -0.823. The highest BCUT2D eigenvalue weighted by molar-refractivity contribution is 8.02. The maximum absolute atomic E-state index is 13.6. The fourth-order valence-corrected chi connectivity index (χ4v) is 8.81. The highest BCUT2D eigenvalue weighted by Crippen LogP contribution is 2.53. The number of thioether (sulfide) groups is 1. The number of β-lactam (4-membered cyclic amide) rings is 1. The number of nitrogens with two attached hydrogens (primary N) is 1. The zero-order chi connectivity index (χ0) is 42.6. The number of aromatic hydroxyl groups is 2. The molecule has 4 fully saturated rings. The number of nitrogen functional groups attached to an aromatic ring is 1. The standard InChI is InChI=1S/C32H32ClN9O14S2/c1-31(2,27(51)52)56-38-19(15-10-57-29(34)35-15)17(44)9-14-24(49)39-11-32(28(53)54,58-26(14)39)40-7-8-42(30(40)55)36-22(47)13-5-6-41(25(13)50)37-23(48)20(45)12-3-4-16(43)21(46)18(12)33/h3-4,10,13-14,26,43,46H,5-9,11H2,1-2H3,(H2,34,35)(H,36,47)(H,37,48)(H,51,52)(H,53,54)/b38-19-/t13?,14-,26-,32-/m1/s1. The van der Waals surface area contributed by atoms with Crippen molar-refractivity contribution in [3.8, 4) is 11.5 Å². The van der Waals surface area contributed by atoms with Crippen LogP contribution in [0.25, 0.3) is 0 Å². The van der Waals surface area contributed by atoms with E-state index in [4.69, 9.17) is 22.2 Å². The first-order valence-corrected chi connectivity index (χ1v) is 19.0. The Hall–Kier alpha value is -6.21. The lowest BCUT2D eigenvalue weighted by atomic mass is 9.90. The third kappa shape index (κ3) is 7.26. The number of halogens is 1. The second kappa shape index (κ2) is 15.3. The molecule has 0 bridgehead atoms. The van der Waals surface area contributed by atoms with Crippen LogP contribution in [0.3, 0.4) is 0 Å². The molecule has 0 saturated carbocycles. The monoisotopic (exact) mass is 865 g/mol. The van der Waals surface area contributed by atoms with E-state index in [1.165, 1.54) is 24.1 Å². The Bertz CT molecular complexity index is 2220. The van der Waals surface area contributed by atoms with Gasteiger partial charge in [-0.1, -0.05) is 28.5 Å². The number of amides is 6. The number of nitrogens with one attached hydrogen (secondary N) is 2. The number of nitrogens with zero attached hydrogens (tertiary/aromatic N) is 6. The zero-order valence-electron chi connectivity index (χ0n) is 30.0. The van der Waals surface area contributed by atoms with Gasteiger partial charge >= 0.3 is 23.9 Å². The SMILES string of the molecule is CC(C)(O/N=C(\C(=O)C[C@@H]1C(=O)N2C[C@@](C(=O)O)(N3CCN(NC(=O)C4CCN(NC(=O)C(=O)c5ccc(O)c(O)c5Cl)C4=O)C3=O)S[C@H]12)c1csc(N)n1)C(=O)O. The Morgan fingerprint density at radius 1 is 1.05 bits per heavy atom. The Kier molecular flexibility index (Phi) is 10.9. The Morgan fingerprint density at radius 2 is 1.76 bits per heavy atom. The summed E-state index contributed by atoms with van der Waals surface area (Å²) >= 11 is 7.55. The van der Waals surface area contributed by atoms with Crippen LogP contribution in [0.15, 0.2) is 22.7 Å². The molecule has 4 aliphatic heterocycles. The molecule has 26 heteroatoms. The minimum atomic E-state index is -2.06. The number of Topliss-reactive ketones (excluding diaryl/α,β-unsaturated/α-hetero) is 2. The molecule has 2 aromatic rings. The van der Waals surface area contributed by atoms with E-state index in [1.807, 2.05) is 0 Å². The number of aliphatic carboxylic acids is 2. The summed E-state index contributed by atoms with van der Waals surface area (Å²) in [5, 5.41) is 44.3. The number of hydrogen-bond donors (Lipinski definition) is 7. The van der Waals surface area contributed by atoms with Crippen molar-refractivity contribution in [2.45, 2.75) is 42.5 Å². The second-order valence-corrected chi connectivity index (χ2v) is 16.3. The summed E-state index contributed by atoms with van der Waals surface area (Å²) in [5.74, 6) is -12.8. The summed E-state index contributed by atoms with van der Waals surface area (Å²) in [4.78, 5) is 126. The van der Waals surface area contributed by atoms with E-state index in [2.05, 4.69) is 21.0 Å². The van der Waals surface area contributed by atoms with Gasteiger partial charge < -0.3 is 35.9 Å². The van der Waals surface area contributed by atoms with Gasteiger partial charge in [0.25, 0.3) is 17.6 Å². The van der Waals surface area contributed by atoms with Crippen LogP contribution >= 0.6 is 34.7 Å². The molecule has 6 rings (SSSR count). The van der Waals surface area contributed by atoms with Crippen LogP contribution in [-0.2, 0) is 38.4 Å². The summed E-state index contributed by atoms with van der Waals surface area (Å²) < 4.78 is 0. The Morgan fingerprint density at radius 3 is 2.40 bits per heavy atom. The normalized spacial score (nSPS) is 23.1. The molecule has 5 heterocycles. The third-order valence-electron chi connectivity index (χ3n) is 9.59. The fourth-order valence-electron chi connectivity index (χ4n) is 6.33. The third-order valence-corrected chi connectivity index (χ3v) is 12.4. The van der Waals surface area contributed by atoms with Gasteiger partial charge in [-0.25, -0.2) is 24.4 Å². The summed E-state index contributed by atoms with van der Waals surface area (Å²) in [6.45, 7) is 1.21. The largest absolute Gasteiger partial charge is 0.504 e. The molecule has 4 saturated heterocycles. The van der Waals surface area contributed by atoms with E-state index in [9.17, 15) is 63.6 Å². The van der Waals surface area contributed by atoms with Crippen molar-refractivity contribution < 1.29 is 68.4 Å². The topological polar surface area (TPSA) is 332 Å². The van der Waals surface area contributed by atoms with Crippen LogP contribution in [0.4, 0.5) is 9.93 Å². The van der Waals surface area contributed by atoms with Crippen LogP contribution in [0.5, 0.6) is 11.5 Å². The fraction of sp³-hybridized carbons (Fsp3) is 0.406. The molecule has 0 spiro atoms. The molecule has 1 unspecified atom stereocenters. The number of anilines is 1. The van der Waals surface area contributed by atoms with Crippen molar-refractivity contribution in [3.63, 3.8) is 0 Å².